The Balaban J connectivity index is 1.98. The molecule has 1 aromatic rings. The third-order valence-electron chi connectivity index (χ3n) is 3.60. The normalized spacial score (nSPS) is 17.8. The molecule has 1 aromatic carbocycles. The first kappa shape index (κ1) is 19.6. The second-order valence-corrected chi connectivity index (χ2v) is 6.29. The minimum atomic E-state index is -4.86. The molecule has 0 bridgehead atoms. The Hall–Kier alpha value is -2.70. The monoisotopic (exact) mass is 386 g/mol. The van der Waals surface area contributed by atoms with Crippen molar-refractivity contribution in [3.8, 4) is 0 Å². The van der Waals surface area contributed by atoms with Crippen LogP contribution in [0, 0.1) is 0 Å². The van der Waals surface area contributed by atoms with Crippen molar-refractivity contribution in [2.45, 2.75) is 19.4 Å². The van der Waals surface area contributed by atoms with Gasteiger partial charge in [0.2, 0.25) is 0 Å². The van der Waals surface area contributed by atoms with Crippen molar-refractivity contribution in [1.82, 2.24) is 20.8 Å². The van der Waals surface area contributed by atoms with Gasteiger partial charge in [0.25, 0.3) is 11.8 Å². The van der Waals surface area contributed by atoms with E-state index in [4.69, 9.17) is 4.55 Å². The number of rotatable bonds is 5. The molecule has 1 fully saturated rings. The summed E-state index contributed by atoms with van der Waals surface area (Å²) in [6.07, 6.45) is 0.0299. The molecular weight excluding hydrogens is 368 g/mol. The van der Waals surface area contributed by atoms with Gasteiger partial charge in [-0.2, -0.15) is 13.5 Å². The topological polar surface area (TPSA) is 145 Å². The van der Waals surface area contributed by atoms with Crippen molar-refractivity contribution in [3.05, 3.63) is 35.9 Å². The van der Waals surface area contributed by atoms with Gasteiger partial charge in [0.15, 0.2) is 0 Å². The molecule has 2 rings (SSSR count). The van der Waals surface area contributed by atoms with Crippen LogP contribution in [0.25, 0.3) is 0 Å². The van der Waals surface area contributed by atoms with Crippen molar-refractivity contribution in [2.24, 2.45) is 0 Å². The summed E-state index contributed by atoms with van der Waals surface area (Å²) in [6, 6.07) is 6.36. The predicted octanol–water partition coefficient (Wildman–Crippen LogP) is -0.302. The average molecular weight is 386 g/mol. The van der Waals surface area contributed by atoms with Crippen LogP contribution in [0.15, 0.2) is 30.3 Å². The Kier molecular flexibility index (Phi) is 6.13. The van der Waals surface area contributed by atoms with Gasteiger partial charge in [0.1, 0.15) is 6.04 Å². The first-order valence-corrected chi connectivity index (χ1v) is 9.00. The van der Waals surface area contributed by atoms with Crippen LogP contribution in [0.1, 0.15) is 23.7 Å². The number of likely N-dealkylation sites (N-methyl/N-ethyl adjacent to an activating group) is 1. The fraction of sp³-hybridized carbons (Fsp3) is 0.357. The van der Waals surface area contributed by atoms with Crippen LogP contribution in [0.3, 0.4) is 0 Å². The predicted molar refractivity (Wildman–Crippen MR) is 87.6 cm³/mol. The summed E-state index contributed by atoms with van der Waals surface area (Å²) in [5.74, 6) is -1.17. The number of amides is 4. The van der Waals surface area contributed by atoms with Gasteiger partial charge in [-0.05, 0) is 25.5 Å². The Labute approximate surface area is 149 Å². The number of nitrogens with zero attached hydrogens (tertiary/aromatic N) is 2. The van der Waals surface area contributed by atoms with Crippen LogP contribution in [0.5, 0.6) is 0 Å². The number of urea groups is 1. The van der Waals surface area contributed by atoms with E-state index in [9.17, 15) is 22.8 Å². The summed E-state index contributed by atoms with van der Waals surface area (Å²) in [6.45, 7) is 1.42. The highest BCUT2D eigenvalue weighted by atomic mass is 32.3. The van der Waals surface area contributed by atoms with Gasteiger partial charge in [0.05, 0.1) is 6.54 Å². The highest BCUT2D eigenvalue weighted by molar-refractivity contribution is 7.80. The number of hydrogen-bond donors (Lipinski definition) is 3. The molecule has 1 aliphatic rings. The number of hydroxylamine groups is 2. The number of benzene rings is 1. The highest BCUT2D eigenvalue weighted by Gasteiger charge is 2.39. The van der Waals surface area contributed by atoms with Gasteiger partial charge in [-0.3, -0.25) is 25.0 Å². The first-order chi connectivity index (χ1) is 12.2. The molecule has 0 spiro atoms. The molecule has 0 unspecified atom stereocenters. The molecular formula is C14H18N4O7S. The largest absolute Gasteiger partial charge is 0.418 e. The summed E-state index contributed by atoms with van der Waals surface area (Å²) in [5.41, 5.74) is 4.83. The zero-order valence-electron chi connectivity index (χ0n) is 13.8. The molecule has 26 heavy (non-hydrogen) atoms. The van der Waals surface area contributed by atoms with Crippen LogP contribution in [-0.2, 0) is 19.5 Å². The molecule has 0 aromatic heterocycles. The molecule has 0 saturated carbocycles. The molecule has 1 saturated heterocycles. The lowest BCUT2D eigenvalue weighted by atomic mass is 10.1. The molecule has 1 aliphatic heterocycles. The maximum Gasteiger partial charge on any atom is 0.418 e. The van der Waals surface area contributed by atoms with Crippen molar-refractivity contribution in [1.29, 1.82) is 0 Å². The van der Waals surface area contributed by atoms with E-state index in [2.05, 4.69) is 15.1 Å². The molecule has 142 valence electrons. The van der Waals surface area contributed by atoms with Gasteiger partial charge >= 0.3 is 16.4 Å². The molecule has 1 atom stereocenters. The van der Waals surface area contributed by atoms with E-state index in [1.54, 1.807) is 37.3 Å². The van der Waals surface area contributed by atoms with Crippen molar-refractivity contribution in [2.75, 3.05) is 13.1 Å². The summed E-state index contributed by atoms with van der Waals surface area (Å²) < 4.78 is 34.4. The number of carbonyl (C=O) groups excluding carboxylic acids is 3. The summed E-state index contributed by atoms with van der Waals surface area (Å²) in [4.78, 5) is 37.5. The molecule has 4 amide bonds. The highest BCUT2D eigenvalue weighted by Crippen LogP contribution is 2.17. The minimum absolute atomic E-state index is 0.0299. The number of hydrazine groups is 1. The van der Waals surface area contributed by atoms with E-state index in [1.807, 2.05) is 0 Å². The summed E-state index contributed by atoms with van der Waals surface area (Å²) in [5, 5.41) is 0.450. The van der Waals surface area contributed by atoms with Gasteiger partial charge in [-0.25, -0.2) is 4.79 Å². The smallest absolute Gasteiger partial charge is 0.311 e. The molecule has 12 heteroatoms. The second-order valence-electron chi connectivity index (χ2n) is 5.29. The number of nitrogens with one attached hydrogen (secondary N) is 2. The van der Waals surface area contributed by atoms with Gasteiger partial charge in [-0.15, -0.1) is 4.28 Å². The maximum atomic E-state index is 12.3. The lowest BCUT2D eigenvalue weighted by Crippen LogP contribution is -2.60. The van der Waals surface area contributed by atoms with Crippen molar-refractivity contribution in [3.63, 3.8) is 0 Å². The Morgan fingerprint density at radius 3 is 2.50 bits per heavy atom. The van der Waals surface area contributed by atoms with E-state index in [1.165, 1.54) is 0 Å². The molecule has 0 radical (unpaired) electrons. The van der Waals surface area contributed by atoms with Crippen LogP contribution in [0.2, 0.25) is 0 Å². The van der Waals surface area contributed by atoms with Crippen LogP contribution < -0.4 is 10.9 Å². The zero-order chi connectivity index (χ0) is 19.3. The Morgan fingerprint density at radius 2 is 1.92 bits per heavy atom. The first-order valence-electron chi connectivity index (χ1n) is 7.63. The number of hydrogen-bond acceptors (Lipinski definition) is 6. The maximum absolute atomic E-state index is 12.3. The minimum Gasteiger partial charge on any atom is -0.311 e. The third-order valence-corrected chi connectivity index (χ3v) is 3.97. The van der Waals surface area contributed by atoms with E-state index >= 15 is 0 Å². The van der Waals surface area contributed by atoms with Gasteiger partial charge in [0, 0.05) is 12.1 Å². The molecule has 0 aliphatic carbocycles. The SMILES string of the molecule is CCN1C(=O)N(OS(=O)(=O)O)CC[C@H]1C(=O)NNC(=O)c1ccccc1. The zero-order valence-corrected chi connectivity index (χ0v) is 14.6. The van der Waals surface area contributed by atoms with Gasteiger partial charge in [-0.1, -0.05) is 18.2 Å². The fourth-order valence-electron chi connectivity index (χ4n) is 2.44. The number of carbonyl (C=O) groups is 3. The quantitative estimate of drug-likeness (QED) is 0.465. The van der Waals surface area contributed by atoms with E-state index in [-0.39, 0.29) is 19.5 Å². The van der Waals surface area contributed by atoms with Crippen molar-refractivity contribution >= 4 is 28.2 Å². The van der Waals surface area contributed by atoms with E-state index < -0.39 is 34.3 Å². The van der Waals surface area contributed by atoms with Crippen LogP contribution >= 0.6 is 0 Å². The van der Waals surface area contributed by atoms with E-state index in [0.29, 0.717) is 10.6 Å². The van der Waals surface area contributed by atoms with Gasteiger partial charge < -0.3 is 4.90 Å². The second kappa shape index (κ2) is 8.12. The van der Waals surface area contributed by atoms with E-state index in [0.717, 1.165) is 4.90 Å². The Morgan fingerprint density at radius 1 is 1.27 bits per heavy atom. The van der Waals surface area contributed by atoms with Crippen molar-refractivity contribution < 1.29 is 31.6 Å². The van der Waals surface area contributed by atoms with Crippen LogP contribution in [-0.4, -0.2) is 59.9 Å². The summed E-state index contributed by atoms with van der Waals surface area (Å²) >= 11 is 0. The summed E-state index contributed by atoms with van der Waals surface area (Å²) in [7, 11) is -4.86. The third kappa shape index (κ3) is 4.91. The fourth-order valence-corrected chi connectivity index (χ4v) is 2.81. The molecule has 1 heterocycles. The standard InChI is InChI=1S/C14H18N4O7S/c1-2-17-11(8-9-18(14(17)21)25-26(22,23)24)13(20)16-15-12(19)10-6-4-3-5-7-10/h3-7,11H,2,8-9H2,1H3,(H,15,19)(H,16,20)(H,22,23,24)/t11-/m0/s1. The van der Waals surface area contributed by atoms with Crippen LogP contribution in [0.4, 0.5) is 4.79 Å². The molecule has 11 nitrogen and oxygen atoms in total. The molecule has 3 N–H and O–H groups in total. The Bertz CT molecular complexity index is 784. The lowest BCUT2D eigenvalue weighted by Gasteiger charge is -2.38. The average Bonchev–Trinajstić information content (AvgIpc) is 2.60. The lowest BCUT2D eigenvalue weighted by molar-refractivity contribution is -0.130.